The predicted octanol–water partition coefficient (Wildman–Crippen LogP) is 3.48. The van der Waals surface area contributed by atoms with Gasteiger partial charge in [-0.3, -0.25) is 0 Å². The van der Waals surface area contributed by atoms with Crippen molar-refractivity contribution in [2.24, 2.45) is 0 Å². The molecule has 6 nitrogen and oxygen atoms in total. The third-order valence-electron chi connectivity index (χ3n) is 3.72. The molecule has 0 aromatic heterocycles. The molecule has 3 fully saturated rings. The largest absolute Gasteiger partial charge is 0.350 e. The van der Waals surface area contributed by atoms with Crippen LogP contribution < -0.4 is 0 Å². The molecular weight excluding hydrogens is 312 g/mol. The maximum atomic E-state index is 5.23. The highest BCUT2D eigenvalue weighted by molar-refractivity contribution is 4.51. The number of rotatable bonds is 6. The maximum Gasteiger partial charge on any atom is 0.157 e. The Hall–Kier alpha value is -0.240. The molecule has 0 atom stereocenters. The van der Waals surface area contributed by atoms with Crippen molar-refractivity contribution in [1.29, 1.82) is 0 Å². The number of ether oxygens (including phenoxy) is 6. The Morgan fingerprint density at radius 3 is 1.29 bits per heavy atom. The summed E-state index contributed by atoms with van der Waals surface area (Å²) in [6, 6.07) is 0. The van der Waals surface area contributed by atoms with Crippen molar-refractivity contribution >= 4 is 0 Å². The quantitative estimate of drug-likeness (QED) is 0.732. The summed E-state index contributed by atoms with van der Waals surface area (Å²) in [7, 11) is 0. The second kappa shape index (κ2) is 15.0. The van der Waals surface area contributed by atoms with Gasteiger partial charge in [-0.05, 0) is 25.7 Å². The fourth-order valence-electron chi connectivity index (χ4n) is 2.40. The van der Waals surface area contributed by atoms with E-state index in [2.05, 4.69) is 20.8 Å². The van der Waals surface area contributed by atoms with Gasteiger partial charge < -0.3 is 28.4 Å². The summed E-state index contributed by atoms with van der Waals surface area (Å²) in [5.41, 5.74) is 0. The highest BCUT2D eigenvalue weighted by atomic mass is 16.7. The van der Waals surface area contributed by atoms with Crippen LogP contribution in [0.1, 0.15) is 59.3 Å². The monoisotopic (exact) mass is 348 g/mol. The summed E-state index contributed by atoms with van der Waals surface area (Å²) < 4.78 is 31.0. The molecule has 3 heterocycles. The minimum atomic E-state index is 0.0972. The minimum absolute atomic E-state index is 0.0972. The van der Waals surface area contributed by atoms with Gasteiger partial charge in [-0.1, -0.05) is 33.6 Å². The molecule has 0 amide bonds. The zero-order valence-corrected chi connectivity index (χ0v) is 15.7. The zero-order chi connectivity index (χ0) is 17.5. The molecule has 0 aromatic rings. The van der Waals surface area contributed by atoms with Gasteiger partial charge in [-0.2, -0.15) is 0 Å². The van der Waals surface area contributed by atoms with Crippen LogP contribution >= 0.6 is 0 Å². The first-order valence-electron chi connectivity index (χ1n) is 9.49. The van der Waals surface area contributed by atoms with E-state index >= 15 is 0 Å². The molecule has 6 heteroatoms. The lowest BCUT2D eigenvalue weighted by Gasteiger charge is -2.05. The molecule has 24 heavy (non-hydrogen) atoms. The molecule has 0 N–H and O–H groups in total. The lowest BCUT2D eigenvalue weighted by atomic mass is 10.2. The lowest BCUT2D eigenvalue weighted by molar-refractivity contribution is -0.0478. The Bertz CT molecular complexity index is 258. The van der Waals surface area contributed by atoms with E-state index in [1.807, 2.05) is 0 Å². The van der Waals surface area contributed by atoms with Crippen molar-refractivity contribution in [3.63, 3.8) is 0 Å². The van der Waals surface area contributed by atoms with E-state index in [4.69, 9.17) is 28.4 Å². The molecule has 3 aliphatic rings. The molecular formula is C18H36O6. The van der Waals surface area contributed by atoms with Crippen molar-refractivity contribution in [3.05, 3.63) is 0 Å². The number of hydrogen-bond donors (Lipinski definition) is 0. The molecule has 3 rings (SSSR count). The molecule has 0 unspecified atom stereocenters. The van der Waals surface area contributed by atoms with E-state index in [0.717, 1.165) is 65.3 Å². The summed E-state index contributed by atoms with van der Waals surface area (Å²) in [4.78, 5) is 0. The average molecular weight is 348 g/mol. The number of hydrogen-bond acceptors (Lipinski definition) is 6. The van der Waals surface area contributed by atoms with Crippen molar-refractivity contribution in [2.45, 2.75) is 78.2 Å². The molecule has 144 valence electrons. The van der Waals surface area contributed by atoms with Crippen LogP contribution in [0.15, 0.2) is 0 Å². The highest BCUT2D eigenvalue weighted by Crippen LogP contribution is 2.10. The smallest absolute Gasteiger partial charge is 0.157 e. The zero-order valence-electron chi connectivity index (χ0n) is 15.7. The predicted molar refractivity (Wildman–Crippen MR) is 91.8 cm³/mol. The molecule has 0 radical (unpaired) electrons. The van der Waals surface area contributed by atoms with Crippen LogP contribution in [0.3, 0.4) is 0 Å². The van der Waals surface area contributed by atoms with Gasteiger partial charge in [0.15, 0.2) is 18.9 Å². The summed E-state index contributed by atoms with van der Waals surface area (Å²) in [6.07, 6.45) is 6.99. The van der Waals surface area contributed by atoms with Crippen LogP contribution in [0.25, 0.3) is 0 Å². The van der Waals surface area contributed by atoms with Crippen LogP contribution in [0, 0.1) is 0 Å². The van der Waals surface area contributed by atoms with Gasteiger partial charge >= 0.3 is 0 Å². The van der Waals surface area contributed by atoms with Crippen molar-refractivity contribution in [3.8, 4) is 0 Å². The van der Waals surface area contributed by atoms with Gasteiger partial charge in [0.25, 0.3) is 0 Å². The average Bonchev–Trinajstić information content (AvgIpc) is 3.36. The van der Waals surface area contributed by atoms with Crippen molar-refractivity contribution in [1.82, 2.24) is 0 Å². The van der Waals surface area contributed by atoms with Crippen LogP contribution in [0.2, 0.25) is 0 Å². The Morgan fingerprint density at radius 2 is 0.958 bits per heavy atom. The third-order valence-corrected chi connectivity index (χ3v) is 3.72. The first-order valence-corrected chi connectivity index (χ1v) is 9.49. The SMILES string of the molecule is CCC1OCCO1.CCCC1OCCO1.CCCCC1OCCO1. The minimum Gasteiger partial charge on any atom is -0.350 e. The first kappa shape index (κ1) is 21.8. The molecule has 0 bridgehead atoms. The van der Waals surface area contributed by atoms with Gasteiger partial charge in [-0.25, -0.2) is 0 Å². The van der Waals surface area contributed by atoms with E-state index < -0.39 is 0 Å². The Balaban J connectivity index is 0.000000181. The molecule has 0 aromatic carbocycles. The summed E-state index contributed by atoms with van der Waals surface area (Å²) in [5, 5.41) is 0. The van der Waals surface area contributed by atoms with Crippen LogP contribution in [-0.2, 0) is 28.4 Å². The van der Waals surface area contributed by atoms with Gasteiger partial charge in [0.2, 0.25) is 0 Å². The van der Waals surface area contributed by atoms with E-state index in [1.54, 1.807) is 0 Å². The Kier molecular flexibility index (Phi) is 13.7. The summed E-state index contributed by atoms with van der Waals surface area (Å²) in [5.74, 6) is 0. The van der Waals surface area contributed by atoms with Crippen molar-refractivity contribution in [2.75, 3.05) is 39.6 Å². The Labute approximate surface area is 147 Å². The molecule has 3 aliphatic heterocycles. The fourth-order valence-corrected chi connectivity index (χ4v) is 2.40. The number of unbranched alkanes of at least 4 members (excludes halogenated alkanes) is 1. The maximum absolute atomic E-state index is 5.23. The van der Waals surface area contributed by atoms with E-state index in [-0.39, 0.29) is 18.9 Å². The lowest BCUT2D eigenvalue weighted by Crippen LogP contribution is -2.06. The third kappa shape index (κ3) is 10.6. The second-order valence-corrected chi connectivity index (χ2v) is 5.85. The molecule has 0 spiro atoms. The topological polar surface area (TPSA) is 55.4 Å². The van der Waals surface area contributed by atoms with Gasteiger partial charge in [0.05, 0.1) is 39.6 Å². The van der Waals surface area contributed by atoms with E-state index in [1.165, 1.54) is 12.8 Å². The molecule has 0 saturated carbocycles. The van der Waals surface area contributed by atoms with E-state index in [0.29, 0.717) is 0 Å². The Morgan fingerprint density at radius 1 is 0.542 bits per heavy atom. The molecule has 3 saturated heterocycles. The fraction of sp³-hybridized carbons (Fsp3) is 1.00. The van der Waals surface area contributed by atoms with E-state index in [9.17, 15) is 0 Å². The van der Waals surface area contributed by atoms with Crippen LogP contribution in [-0.4, -0.2) is 58.5 Å². The highest BCUT2D eigenvalue weighted by Gasteiger charge is 2.14. The normalized spacial score (nSPS) is 22.1. The summed E-state index contributed by atoms with van der Waals surface area (Å²) in [6.45, 7) is 11.0. The first-order chi connectivity index (χ1) is 11.8. The van der Waals surface area contributed by atoms with Crippen LogP contribution in [0.5, 0.6) is 0 Å². The van der Waals surface area contributed by atoms with Gasteiger partial charge in [-0.15, -0.1) is 0 Å². The second-order valence-electron chi connectivity index (χ2n) is 5.85. The molecule has 0 aliphatic carbocycles. The van der Waals surface area contributed by atoms with Crippen LogP contribution in [0.4, 0.5) is 0 Å². The van der Waals surface area contributed by atoms with Crippen molar-refractivity contribution < 1.29 is 28.4 Å². The van der Waals surface area contributed by atoms with Gasteiger partial charge in [0.1, 0.15) is 0 Å². The summed E-state index contributed by atoms with van der Waals surface area (Å²) >= 11 is 0. The standard InChI is InChI=1S/C7H14O2.C6H12O2.C5H10O2/c1-2-3-4-7-8-5-6-9-7;1-2-3-6-7-4-5-8-6;1-2-5-6-3-4-7-5/h7H,2-6H2,1H3;6H,2-5H2,1H3;5H,2-4H2,1H3. The van der Waals surface area contributed by atoms with Gasteiger partial charge in [0, 0.05) is 0 Å².